The summed E-state index contributed by atoms with van der Waals surface area (Å²) in [5.41, 5.74) is 7.52. The molecular weight excluding hydrogens is 320 g/mol. The van der Waals surface area contributed by atoms with Gasteiger partial charge >= 0.3 is 0 Å². The molecule has 0 spiro atoms. The molecule has 6 nitrogen and oxygen atoms in total. The van der Waals surface area contributed by atoms with E-state index in [0.717, 1.165) is 11.1 Å². The van der Waals surface area contributed by atoms with E-state index in [9.17, 15) is 14.7 Å². The third-order valence-corrected chi connectivity index (χ3v) is 4.21. The van der Waals surface area contributed by atoms with Gasteiger partial charge in [-0.1, -0.05) is 36.4 Å². The summed E-state index contributed by atoms with van der Waals surface area (Å²) in [4.78, 5) is 25.5. The van der Waals surface area contributed by atoms with Crippen LogP contribution in [0.15, 0.2) is 48.5 Å². The molecule has 1 saturated heterocycles. The Hall–Kier alpha value is -2.86. The number of hydrogen-bond acceptors (Lipinski definition) is 4. The molecule has 3 rings (SSSR count). The molecule has 2 amide bonds. The highest BCUT2D eigenvalue weighted by molar-refractivity contribution is 5.97. The van der Waals surface area contributed by atoms with Crippen LogP contribution in [0.3, 0.4) is 0 Å². The molecule has 0 saturated carbocycles. The van der Waals surface area contributed by atoms with Crippen LogP contribution in [-0.4, -0.2) is 47.6 Å². The van der Waals surface area contributed by atoms with E-state index in [-0.39, 0.29) is 30.4 Å². The first kappa shape index (κ1) is 17.0. The molecule has 1 aliphatic heterocycles. The number of carbonyl (C=O) groups excluding carboxylic acids is 2. The summed E-state index contributed by atoms with van der Waals surface area (Å²) in [5.74, 6) is -1.01. The predicted octanol–water partition coefficient (Wildman–Crippen LogP) is 1.31. The van der Waals surface area contributed by atoms with E-state index in [1.807, 2.05) is 30.3 Å². The third-order valence-electron chi connectivity index (χ3n) is 4.21. The van der Waals surface area contributed by atoms with Gasteiger partial charge < -0.3 is 20.5 Å². The van der Waals surface area contributed by atoms with Crippen molar-refractivity contribution in [3.8, 4) is 5.75 Å². The third kappa shape index (κ3) is 3.97. The molecule has 1 aliphatic rings. The Morgan fingerprint density at radius 2 is 1.92 bits per heavy atom. The van der Waals surface area contributed by atoms with Gasteiger partial charge in [0.15, 0.2) is 6.10 Å². The molecule has 1 fully saturated rings. The van der Waals surface area contributed by atoms with Crippen LogP contribution in [-0.2, 0) is 16.0 Å². The number of amides is 2. The summed E-state index contributed by atoms with van der Waals surface area (Å²) < 4.78 is 5.26. The number of ether oxygens (including phenoxy) is 1. The van der Waals surface area contributed by atoms with Crippen LogP contribution < -0.4 is 5.73 Å². The maximum atomic E-state index is 12.8. The largest absolute Gasteiger partial charge is 0.507 e. The second kappa shape index (κ2) is 7.36. The molecule has 1 atom stereocenters. The lowest BCUT2D eigenvalue weighted by atomic mass is 10.0. The maximum absolute atomic E-state index is 12.8. The van der Waals surface area contributed by atoms with Gasteiger partial charge in [-0.25, -0.2) is 0 Å². The second-order valence-electron chi connectivity index (χ2n) is 6.03. The highest BCUT2D eigenvalue weighted by Crippen LogP contribution is 2.23. The number of nitrogens with zero attached hydrogens (tertiary/aromatic N) is 1. The van der Waals surface area contributed by atoms with Crippen LogP contribution in [0.25, 0.3) is 0 Å². The summed E-state index contributed by atoms with van der Waals surface area (Å²) in [5, 5.41) is 10.1. The van der Waals surface area contributed by atoms with Crippen molar-refractivity contribution >= 4 is 11.8 Å². The zero-order valence-corrected chi connectivity index (χ0v) is 13.7. The second-order valence-corrected chi connectivity index (χ2v) is 6.03. The molecule has 0 aliphatic carbocycles. The Kier molecular flexibility index (Phi) is 5.00. The average molecular weight is 340 g/mol. The van der Waals surface area contributed by atoms with Crippen molar-refractivity contribution in [2.45, 2.75) is 12.5 Å². The fraction of sp³-hybridized carbons (Fsp3) is 0.263. The zero-order chi connectivity index (χ0) is 17.8. The number of morpholine rings is 1. The highest BCUT2D eigenvalue weighted by Gasteiger charge is 2.29. The normalized spacial score (nSPS) is 17.3. The molecule has 3 N–H and O–H groups in total. The molecule has 6 heteroatoms. The van der Waals surface area contributed by atoms with Crippen LogP contribution in [0.5, 0.6) is 5.75 Å². The molecule has 0 bridgehead atoms. The van der Waals surface area contributed by atoms with Crippen molar-refractivity contribution < 1.29 is 19.4 Å². The topological polar surface area (TPSA) is 92.9 Å². The molecule has 2 aromatic rings. The Morgan fingerprint density at radius 3 is 2.64 bits per heavy atom. The lowest BCUT2D eigenvalue weighted by Crippen LogP contribution is -2.50. The van der Waals surface area contributed by atoms with Crippen LogP contribution >= 0.6 is 0 Å². The van der Waals surface area contributed by atoms with Gasteiger partial charge in [0.1, 0.15) is 5.75 Å². The molecule has 2 aromatic carbocycles. The Labute approximate surface area is 145 Å². The van der Waals surface area contributed by atoms with Crippen molar-refractivity contribution in [2.24, 2.45) is 5.73 Å². The van der Waals surface area contributed by atoms with Crippen molar-refractivity contribution in [1.29, 1.82) is 0 Å². The van der Waals surface area contributed by atoms with E-state index in [0.29, 0.717) is 13.0 Å². The summed E-state index contributed by atoms with van der Waals surface area (Å²) in [6.07, 6.45) is -0.152. The number of benzene rings is 2. The smallest absolute Gasteiger partial charge is 0.257 e. The number of aromatic hydroxyl groups is 1. The summed E-state index contributed by atoms with van der Waals surface area (Å²) in [6, 6.07) is 14.9. The van der Waals surface area contributed by atoms with E-state index < -0.39 is 12.0 Å². The van der Waals surface area contributed by atoms with E-state index >= 15 is 0 Å². The molecule has 130 valence electrons. The standard InChI is InChI=1S/C19H20N2O4/c20-18(23)17-12-21(8-9-25-17)19(24)15-11-14(6-7-16(15)22)10-13-4-2-1-3-5-13/h1-7,11,17,22H,8-10,12H2,(H2,20,23)/t17-/m0/s1. The Morgan fingerprint density at radius 1 is 1.16 bits per heavy atom. The van der Waals surface area contributed by atoms with Crippen molar-refractivity contribution in [3.05, 3.63) is 65.2 Å². The van der Waals surface area contributed by atoms with Crippen LogP contribution in [0.2, 0.25) is 0 Å². The van der Waals surface area contributed by atoms with Crippen LogP contribution in [0, 0.1) is 0 Å². The number of phenolic OH excluding ortho intramolecular Hbond substituents is 1. The number of nitrogens with two attached hydrogens (primary N) is 1. The van der Waals surface area contributed by atoms with Crippen molar-refractivity contribution in [2.75, 3.05) is 19.7 Å². The highest BCUT2D eigenvalue weighted by atomic mass is 16.5. The first-order valence-electron chi connectivity index (χ1n) is 8.10. The van der Waals surface area contributed by atoms with Gasteiger partial charge in [-0.05, 0) is 29.7 Å². The first-order chi connectivity index (χ1) is 12.0. The van der Waals surface area contributed by atoms with Gasteiger partial charge in [0.2, 0.25) is 5.91 Å². The van der Waals surface area contributed by atoms with Gasteiger partial charge in [0, 0.05) is 6.54 Å². The number of carbonyl (C=O) groups is 2. The summed E-state index contributed by atoms with van der Waals surface area (Å²) >= 11 is 0. The summed E-state index contributed by atoms with van der Waals surface area (Å²) in [6.45, 7) is 0.686. The number of phenols is 1. The van der Waals surface area contributed by atoms with Crippen LogP contribution in [0.1, 0.15) is 21.5 Å². The van der Waals surface area contributed by atoms with E-state index in [2.05, 4.69) is 0 Å². The molecule has 0 unspecified atom stereocenters. The number of primary amides is 1. The Balaban J connectivity index is 1.80. The van der Waals surface area contributed by atoms with Gasteiger partial charge in [-0.2, -0.15) is 0 Å². The SMILES string of the molecule is NC(=O)[C@@H]1CN(C(=O)c2cc(Cc3ccccc3)ccc2O)CCO1. The lowest BCUT2D eigenvalue weighted by molar-refractivity contribution is -0.133. The van der Waals surface area contributed by atoms with E-state index in [1.54, 1.807) is 12.1 Å². The van der Waals surface area contributed by atoms with E-state index in [4.69, 9.17) is 10.5 Å². The quantitative estimate of drug-likeness (QED) is 0.878. The van der Waals surface area contributed by atoms with Gasteiger partial charge in [0.05, 0.1) is 18.7 Å². The fourth-order valence-corrected chi connectivity index (χ4v) is 2.87. The van der Waals surface area contributed by atoms with Crippen LogP contribution in [0.4, 0.5) is 0 Å². The summed E-state index contributed by atoms with van der Waals surface area (Å²) in [7, 11) is 0. The molecule has 0 radical (unpaired) electrons. The number of rotatable bonds is 4. The maximum Gasteiger partial charge on any atom is 0.257 e. The monoisotopic (exact) mass is 340 g/mol. The molecular formula is C19H20N2O4. The number of hydrogen-bond donors (Lipinski definition) is 2. The Bertz CT molecular complexity index is 776. The van der Waals surface area contributed by atoms with Gasteiger partial charge in [-0.15, -0.1) is 0 Å². The van der Waals surface area contributed by atoms with Gasteiger partial charge in [-0.3, -0.25) is 9.59 Å². The minimum atomic E-state index is -0.813. The molecule has 25 heavy (non-hydrogen) atoms. The van der Waals surface area contributed by atoms with Crippen molar-refractivity contribution in [1.82, 2.24) is 4.90 Å². The van der Waals surface area contributed by atoms with E-state index in [1.165, 1.54) is 11.0 Å². The average Bonchev–Trinajstić information content (AvgIpc) is 2.63. The van der Waals surface area contributed by atoms with Gasteiger partial charge in [0.25, 0.3) is 5.91 Å². The predicted molar refractivity (Wildman–Crippen MR) is 92.2 cm³/mol. The molecule has 0 aromatic heterocycles. The first-order valence-corrected chi connectivity index (χ1v) is 8.10. The lowest BCUT2D eigenvalue weighted by Gasteiger charge is -2.31. The minimum Gasteiger partial charge on any atom is -0.507 e. The fourth-order valence-electron chi connectivity index (χ4n) is 2.87. The minimum absolute atomic E-state index is 0.0797. The molecule has 1 heterocycles. The van der Waals surface area contributed by atoms with Crippen molar-refractivity contribution in [3.63, 3.8) is 0 Å². The zero-order valence-electron chi connectivity index (χ0n) is 13.7.